The van der Waals surface area contributed by atoms with Gasteiger partial charge in [0.2, 0.25) is 5.91 Å². The Bertz CT molecular complexity index is 1100. The van der Waals surface area contributed by atoms with E-state index in [4.69, 9.17) is 0 Å². The molecule has 0 saturated heterocycles. The number of thiazole rings is 1. The van der Waals surface area contributed by atoms with Crippen molar-refractivity contribution in [2.24, 2.45) is 0 Å². The van der Waals surface area contributed by atoms with Gasteiger partial charge in [0, 0.05) is 6.54 Å². The van der Waals surface area contributed by atoms with Crippen LogP contribution in [0.3, 0.4) is 0 Å². The van der Waals surface area contributed by atoms with E-state index in [-0.39, 0.29) is 10.4 Å². The molecular weight excluding hydrogens is 413 g/mol. The molecule has 0 aliphatic carbocycles. The van der Waals surface area contributed by atoms with Crippen LogP contribution in [-0.4, -0.2) is 57.1 Å². The maximum Gasteiger partial charge on any atom is 0.244 e. The normalized spacial score (nSPS) is 11.9. The molecule has 0 N–H and O–H groups in total. The van der Waals surface area contributed by atoms with Gasteiger partial charge in [-0.1, -0.05) is 35.6 Å². The Hall–Kier alpha value is -2.36. The van der Waals surface area contributed by atoms with Crippen LogP contribution >= 0.6 is 11.3 Å². The van der Waals surface area contributed by atoms with Crippen molar-refractivity contribution in [1.29, 1.82) is 0 Å². The molecule has 0 bridgehead atoms. The predicted octanol–water partition coefficient (Wildman–Crippen LogP) is 3.19. The molecule has 3 rings (SSSR count). The number of carbonyl (C=O) groups excluding carboxylic acids is 1. The van der Waals surface area contributed by atoms with Crippen LogP contribution in [0.25, 0.3) is 10.2 Å². The molecule has 154 valence electrons. The van der Waals surface area contributed by atoms with Crippen molar-refractivity contribution in [2.75, 3.05) is 37.8 Å². The molecule has 1 aromatic heterocycles. The first-order chi connectivity index (χ1) is 13.8. The standard InChI is InChI=1S/C20H22FN3O3S2/c1-23(2)12-7-13-24(20-22-19-16(21)10-6-11-17(19)28-20)18(25)14-29(26,27)15-8-4-3-5-9-15/h3-6,8-11H,7,12-14H2,1-2H3. The molecule has 6 nitrogen and oxygen atoms in total. The highest BCUT2D eigenvalue weighted by Crippen LogP contribution is 2.30. The number of hydrogen-bond donors (Lipinski definition) is 0. The van der Waals surface area contributed by atoms with E-state index in [1.54, 1.807) is 30.3 Å². The zero-order valence-electron chi connectivity index (χ0n) is 16.2. The van der Waals surface area contributed by atoms with Crippen LogP contribution in [-0.2, 0) is 14.6 Å². The lowest BCUT2D eigenvalue weighted by Gasteiger charge is -2.21. The van der Waals surface area contributed by atoms with Crippen LogP contribution < -0.4 is 4.90 Å². The number of anilines is 1. The molecule has 0 fully saturated rings. The van der Waals surface area contributed by atoms with E-state index in [9.17, 15) is 17.6 Å². The molecule has 2 aromatic carbocycles. The Morgan fingerprint density at radius 3 is 2.45 bits per heavy atom. The second kappa shape index (κ2) is 8.98. The Morgan fingerprint density at radius 2 is 1.79 bits per heavy atom. The summed E-state index contributed by atoms with van der Waals surface area (Å²) >= 11 is 1.17. The van der Waals surface area contributed by atoms with Crippen molar-refractivity contribution < 1.29 is 17.6 Å². The summed E-state index contributed by atoms with van der Waals surface area (Å²) in [6.45, 7) is 1.01. The number of halogens is 1. The van der Waals surface area contributed by atoms with Crippen molar-refractivity contribution in [1.82, 2.24) is 9.88 Å². The predicted molar refractivity (Wildman–Crippen MR) is 114 cm³/mol. The van der Waals surface area contributed by atoms with Gasteiger partial charge in [-0.3, -0.25) is 9.69 Å². The lowest BCUT2D eigenvalue weighted by atomic mass is 10.3. The molecule has 29 heavy (non-hydrogen) atoms. The number of aromatic nitrogens is 1. The summed E-state index contributed by atoms with van der Waals surface area (Å²) in [7, 11) is 0.0405. The van der Waals surface area contributed by atoms with Crippen molar-refractivity contribution in [3.8, 4) is 0 Å². The Kier molecular flexibility index (Phi) is 6.61. The van der Waals surface area contributed by atoms with E-state index < -0.39 is 27.3 Å². The summed E-state index contributed by atoms with van der Waals surface area (Å²) < 4.78 is 40.0. The number of fused-ring (bicyclic) bond motifs is 1. The maximum absolute atomic E-state index is 14.1. The first-order valence-corrected chi connectivity index (χ1v) is 11.5. The molecule has 0 spiro atoms. The van der Waals surface area contributed by atoms with E-state index in [1.807, 2.05) is 19.0 Å². The number of nitrogens with zero attached hydrogens (tertiary/aromatic N) is 3. The highest BCUT2D eigenvalue weighted by atomic mass is 32.2. The molecule has 1 amide bonds. The van der Waals surface area contributed by atoms with Crippen LogP contribution in [0.1, 0.15) is 6.42 Å². The van der Waals surface area contributed by atoms with E-state index in [1.165, 1.54) is 34.4 Å². The Balaban J connectivity index is 1.89. The number of benzene rings is 2. The fourth-order valence-electron chi connectivity index (χ4n) is 2.84. The van der Waals surface area contributed by atoms with Gasteiger partial charge >= 0.3 is 0 Å². The molecule has 0 atom stereocenters. The van der Waals surface area contributed by atoms with Gasteiger partial charge in [-0.05, 0) is 51.3 Å². The molecule has 0 radical (unpaired) electrons. The minimum absolute atomic E-state index is 0.0944. The summed E-state index contributed by atoms with van der Waals surface area (Å²) in [5.74, 6) is -1.72. The fourth-order valence-corrected chi connectivity index (χ4v) is 5.09. The van der Waals surface area contributed by atoms with Gasteiger partial charge in [-0.2, -0.15) is 0 Å². The number of carbonyl (C=O) groups is 1. The van der Waals surface area contributed by atoms with Gasteiger partial charge in [0.25, 0.3) is 0 Å². The van der Waals surface area contributed by atoms with E-state index >= 15 is 0 Å². The fraction of sp³-hybridized carbons (Fsp3) is 0.300. The summed E-state index contributed by atoms with van der Waals surface area (Å²) in [5, 5.41) is 0.303. The first-order valence-electron chi connectivity index (χ1n) is 9.06. The number of para-hydroxylation sites is 1. The monoisotopic (exact) mass is 435 g/mol. The molecule has 0 saturated carbocycles. The summed E-state index contributed by atoms with van der Waals surface area (Å²) in [5.41, 5.74) is 0.184. The molecule has 9 heteroatoms. The SMILES string of the molecule is CN(C)CCCN(C(=O)CS(=O)(=O)c1ccccc1)c1nc2c(F)cccc2s1. The van der Waals surface area contributed by atoms with Crippen LogP contribution in [0, 0.1) is 5.82 Å². The lowest BCUT2D eigenvalue weighted by molar-refractivity contribution is -0.116. The van der Waals surface area contributed by atoms with Gasteiger partial charge in [-0.15, -0.1) is 0 Å². The minimum atomic E-state index is -3.79. The Morgan fingerprint density at radius 1 is 1.07 bits per heavy atom. The zero-order chi connectivity index (χ0) is 21.0. The molecular formula is C20H22FN3O3S2. The number of sulfone groups is 1. The van der Waals surface area contributed by atoms with E-state index in [0.717, 1.165) is 0 Å². The van der Waals surface area contributed by atoms with E-state index in [2.05, 4.69) is 4.98 Å². The van der Waals surface area contributed by atoms with Gasteiger partial charge in [0.1, 0.15) is 17.1 Å². The van der Waals surface area contributed by atoms with Crippen molar-refractivity contribution in [3.05, 3.63) is 54.3 Å². The first kappa shape index (κ1) is 21.4. The third kappa shape index (κ3) is 5.17. The summed E-state index contributed by atoms with van der Waals surface area (Å²) in [4.78, 5) is 20.7. The molecule has 0 unspecified atom stereocenters. The second-order valence-electron chi connectivity index (χ2n) is 6.86. The highest BCUT2D eigenvalue weighted by Gasteiger charge is 2.26. The molecule has 1 heterocycles. The third-order valence-corrected chi connectivity index (χ3v) is 6.95. The largest absolute Gasteiger partial charge is 0.309 e. The average Bonchev–Trinajstić information content (AvgIpc) is 3.10. The quantitative estimate of drug-likeness (QED) is 0.543. The topological polar surface area (TPSA) is 70.6 Å². The smallest absolute Gasteiger partial charge is 0.244 e. The van der Waals surface area contributed by atoms with E-state index in [0.29, 0.717) is 29.3 Å². The number of hydrogen-bond acceptors (Lipinski definition) is 6. The number of rotatable bonds is 8. The molecule has 3 aromatic rings. The number of amides is 1. The minimum Gasteiger partial charge on any atom is -0.309 e. The van der Waals surface area contributed by atoms with Crippen molar-refractivity contribution >= 4 is 42.4 Å². The zero-order valence-corrected chi connectivity index (χ0v) is 17.8. The molecule has 0 aliphatic rings. The van der Waals surface area contributed by atoms with Gasteiger partial charge in [-0.25, -0.2) is 17.8 Å². The lowest BCUT2D eigenvalue weighted by Crippen LogP contribution is -2.37. The van der Waals surface area contributed by atoms with Crippen LogP contribution in [0.2, 0.25) is 0 Å². The summed E-state index contributed by atoms with van der Waals surface area (Å²) in [6, 6.07) is 12.5. The van der Waals surface area contributed by atoms with Gasteiger partial charge in [0.15, 0.2) is 15.0 Å². The van der Waals surface area contributed by atoms with Crippen molar-refractivity contribution in [3.63, 3.8) is 0 Å². The summed E-state index contributed by atoms with van der Waals surface area (Å²) in [6.07, 6.45) is 0.628. The molecule has 0 aliphatic heterocycles. The second-order valence-corrected chi connectivity index (χ2v) is 9.86. The maximum atomic E-state index is 14.1. The average molecular weight is 436 g/mol. The van der Waals surface area contributed by atoms with Crippen LogP contribution in [0.15, 0.2) is 53.4 Å². The highest BCUT2D eigenvalue weighted by molar-refractivity contribution is 7.92. The van der Waals surface area contributed by atoms with Gasteiger partial charge in [0.05, 0.1) is 9.60 Å². The van der Waals surface area contributed by atoms with Crippen molar-refractivity contribution in [2.45, 2.75) is 11.3 Å². The Labute approximate surface area is 173 Å². The van der Waals surface area contributed by atoms with Crippen LogP contribution in [0.5, 0.6) is 0 Å². The van der Waals surface area contributed by atoms with Gasteiger partial charge < -0.3 is 4.90 Å². The van der Waals surface area contributed by atoms with Crippen LogP contribution in [0.4, 0.5) is 9.52 Å². The third-order valence-electron chi connectivity index (χ3n) is 4.29.